The van der Waals surface area contributed by atoms with Crippen molar-refractivity contribution in [3.05, 3.63) is 0 Å². The van der Waals surface area contributed by atoms with Crippen LogP contribution in [0.25, 0.3) is 0 Å². The van der Waals surface area contributed by atoms with Crippen LogP contribution in [-0.2, 0) is 9.53 Å². The van der Waals surface area contributed by atoms with Gasteiger partial charge < -0.3 is 15.4 Å². The van der Waals surface area contributed by atoms with Gasteiger partial charge in [-0.15, -0.1) is 0 Å². The zero-order valence-electron chi connectivity index (χ0n) is 11.3. The zero-order valence-corrected chi connectivity index (χ0v) is 11.3. The fraction of sp³-hybridized carbons (Fsp3) is 0.923. The molecule has 0 aromatic rings. The number of nitrogens with zero attached hydrogens (tertiary/aromatic N) is 1. The molecule has 2 N–H and O–H groups in total. The Bertz CT molecular complexity index is 244. The topological polar surface area (TPSA) is 55.6 Å². The Balaban J connectivity index is 2.40. The molecule has 1 amide bonds. The highest BCUT2D eigenvalue weighted by Crippen LogP contribution is 2.20. The van der Waals surface area contributed by atoms with Crippen molar-refractivity contribution in [1.29, 1.82) is 0 Å². The molecule has 100 valence electrons. The van der Waals surface area contributed by atoms with Crippen LogP contribution in [0.4, 0.5) is 0 Å². The summed E-state index contributed by atoms with van der Waals surface area (Å²) in [6.45, 7) is 6.45. The van der Waals surface area contributed by atoms with E-state index in [1.165, 1.54) is 0 Å². The van der Waals surface area contributed by atoms with E-state index >= 15 is 0 Å². The average Bonchev–Trinajstić information content (AvgIpc) is 2.29. The van der Waals surface area contributed by atoms with Crippen molar-refractivity contribution in [3.8, 4) is 0 Å². The number of hydrogen-bond acceptors (Lipinski definition) is 3. The molecule has 3 unspecified atom stereocenters. The smallest absolute Gasteiger partial charge is 0.222 e. The van der Waals surface area contributed by atoms with Gasteiger partial charge in [-0.1, -0.05) is 6.92 Å². The van der Waals surface area contributed by atoms with Gasteiger partial charge in [0.2, 0.25) is 5.91 Å². The first kappa shape index (κ1) is 14.5. The SMILES string of the molecule is COCC(C)CC(=O)N1CCCC(C(C)N)C1. The Kier molecular flexibility index (Phi) is 5.92. The van der Waals surface area contributed by atoms with Crippen molar-refractivity contribution in [2.75, 3.05) is 26.8 Å². The number of amides is 1. The summed E-state index contributed by atoms with van der Waals surface area (Å²) in [6, 6.07) is 0.182. The standard InChI is InChI=1S/C13H26N2O2/c1-10(9-17-3)7-13(16)15-6-4-5-12(8-15)11(2)14/h10-12H,4-9,14H2,1-3H3. The van der Waals surface area contributed by atoms with E-state index in [-0.39, 0.29) is 11.9 Å². The van der Waals surface area contributed by atoms with Crippen molar-refractivity contribution in [2.24, 2.45) is 17.6 Å². The van der Waals surface area contributed by atoms with Crippen LogP contribution in [0.3, 0.4) is 0 Å². The van der Waals surface area contributed by atoms with Gasteiger partial charge in [0, 0.05) is 39.3 Å². The van der Waals surface area contributed by atoms with Gasteiger partial charge in [0.15, 0.2) is 0 Å². The highest BCUT2D eigenvalue weighted by atomic mass is 16.5. The van der Waals surface area contributed by atoms with E-state index in [0.717, 1.165) is 25.9 Å². The van der Waals surface area contributed by atoms with Crippen LogP contribution in [0.2, 0.25) is 0 Å². The van der Waals surface area contributed by atoms with Crippen LogP contribution < -0.4 is 5.73 Å². The Hall–Kier alpha value is -0.610. The number of likely N-dealkylation sites (tertiary alicyclic amines) is 1. The molecule has 4 heteroatoms. The third kappa shape index (κ3) is 4.64. The van der Waals surface area contributed by atoms with E-state index in [0.29, 0.717) is 24.9 Å². The summed E-state index contributed by atoms with van der Waals surface area (Å²) in [5.41, 5.74) is 5.92. The molecule has 0 aliphatic carbocycles. The molecular formula is C13H26N2O2. The Morgan fingerprint density at radius 2 is 2.24 bits per heavy atom. The number of methoxy groups -OCH3 is 1. The minimum atomic E-state index is 0.182. The lowest BCUT2D eigenvalue weighted by Crippen LogP contribution is -2.45. The summed E-state index contributed by atoms with van der Waals surface area (Å²) in [4.78, 5) is 14.1. The summed E-state index contributed by atoms with van der Waals surface area (Å²) in [6.07, 6.45) is 2.81. The van der Waals surface area contributed by atoms with Crippen LogP contribution in [0.1, 0.15) is 33.1 Å². The van der Waals surface area contributed by atoms with Gasteiger partial charge in [-0.3, -0.25) is 4.79 Å². The fourth-order valence-electron chi connectivity index (χ4n) is 2.44. The molecule has 17 heavy (non-hydrogen) atoms. The molecule has 0 aromatic carbocycles. The Morgan fingerprint density at radius 1 is 1.53 bits per heavy atom. The summed E-state index contributed by atoms with van der Waals surface area (Å²) < 4.78 is 5.06. The monoisotopic (exact) mass is 242 g/mol. The second kappa shape index (κ2) is 6.97. The Morgan fingerprint density at radius 3 is 2.82 bits per heavy atom. The minimum absolute atomic E-state index is 0.182. The second-order valence-corrected chi connectivity index (χ2v) is 5.37. The minimum Gasteiger partial charge on any atom is -0.384 e. The molecule has 0 bridgehead atoms. The summed E-state index contributed by atoms with van der Waals surface area (Å²) in [5.74, 6) is 1.01. The molecule has 1 aliphatic rings. The molecule has 0 saturated carbocycles. The molecule has 1 aliphatic heterocycles. The van der Waals surface area contributed by atoms with Crippen molar-refractivity contribution in [1.82, 2.24) is 4.90 Å². The van der Waals surface area contributed by atoms with Crippen LogP contribution in [-0.4, -0.2) is 43.7 Å². The number of hydrogen-bond donors (Lipinski definition) is 1. The first-order valence-corrected chi connectivity index (χ1v) is 6.57. The van der Waals surface area contributed by atoms with E-state index in [1.807, 2.05) is 18.7 Å². The number of carbonyl (C=O) groups is 1. The van der Waals surface area contributed by atoms with Gasteiger partial charge in [0.05, 0.1) is 0 Å². The molecule has 4 nitrogen and oxygen atoms in total. The highest BCUT2D eigenvalue weighted by Gasteiger charge is 2.26. The molecule has 1 rings (SSSR count). The predicted octanol–water partition coefficient (Wildman–Crippen LogP) is 1.24. The lowest BCUT2D eigenvalue weighted by Gasteiger charge is -2.35. The summed E-state index contributed by atoms with van der Waals surface area (Å²) in [5, 5.41) is 0. The van der Waals surface area contributed by atoms with Crippen LogP contribution in [0.15, 0.2) is 0 Å². The third-order valence-corrected chi connectivity index (χ3v) is 3.53. The summed E-state index contributed by atoms with van der Waals surface area (Å²) in [7, 11) is 1.67. The van der Waals surface area contributed by atoms with Gasteiger partial charge in [-0.05, 0) is 31.6 Å². The van der Waals surface area contributed by atoms with Crippen molar-refractivity contribution in [3.63, 3.8) is 0 Å². The van der Waals surface area contributed by atoms with E-state index in [9.17, 15) is 4.79 Å². The predicted molar refractivity (Wildman–Crippen MR) is 68.6 cm³/mol. The lowest BCUT2D eigenvalue weighted by molar-refractivity contribution is -0.134. The summed E-state index contributed by atoms with van der Waals surface area (Å²) >= 11 is 0. The fourth-order valence-corrected chi connectivity index (χ4v) is 2.44. The normalized spacial score (nSPS) is 24.5. The van der Waals surface area contributed by atoms with Crippen molar-refractivity contribution < 1.29 is 9.53 Å². The van der Waals surface area contributed by atoms with Gasteiger partial charge in [0.25, 0.3) is 0 Å². The number of nitrogens with two attached hydrogens (primary N) is 1. The maximum Gasteiger partial charge on any atom is 0.222 e. The van der Waals surface area contributed by atoms with E-state index in [1.54, 1.807) is 7.11 Å². The van der Waals surface area contributed by atoms with Gasteiger partial charge in [0.1, 0.15) is 0 Å². The van der Waals surface area contributed by atoms with Crippen LogP contribution >= 0.6 is 0 Å². The first-order chi connectivity index (χ1) is 8.04. The van der Waals surface area contributed by atoms with E-state index < -0.39 is 0 Å². The maximum atomic E-state index is 12.1. The number of piperidine rings is 1. The lowest BCUT2D eigenvalue weighted by atomic mass is 9.91. The van der Waals surface area contributed by atoms with Crippen LogP contribution in [0, 0.1) is 11.8 Å². The zero-order chi connectivity index (χ0) is 12.8. The number of rotatable bonds is 5. The molecule has 1 saturated heterocycles. The highest BCUT2D eigenvalue weighted by molar-refractivity contribution is 5.76. The van der Waals surface area contributed by atoms with Crippen molar-refractivity contribution in [2.45, 2.75) is 39.2 Å². The van der Waals surface area contributed by atoms with Gasteiger partial charge in [-0.25, -0.2) is 0 Å². The third-order valence-electron chi connectivity index (χ3n) is 3.53. The van der Waals surface area contributed by atoms with Crippen LogP contribution in [0.5, 0.6) is 0 Å². The quantitative estimate of drug-likeness (QED) is 0.789. The largest absolute Gasteiger partial charge is 0.384 e. The Labute approximate surface area is 104 Å². The molecule has 0 aromatic heterocycles. The molecule has 1 fully saturated rings. The first-order valence-electron chi connectivity index (χ1n) is 6.57. The molecule has 0 radical (unpaired) electrons. The van der Waals surface area contributed by atoms with Gasteiger partial charge >= 0.3 is 0 Å². The van der Waals surface area contributed by atoms with E-state index in [4.69, 9.17) is 10.5 Å². The molecular weight excluding hydrogens is 216 g/mol. The van der Waals surface area contributed by atoms with E-state index in [2.05, 4.69) is 0 Å². The molecule has 1 heterocycles. The van der Waals surface area contributed by atoms with Gasteiger partial charge in [-0.2, -0.15) is 0 Å². The molecule has 0 spiro atoms. The number of carbonyl (C=O) groups excluding carboxylic acids is 1. The second-order valence-electron chi connectivity index (χ2n) is 5.37. The number of ether oxygens (including phenoxy) is 1. The maximum absolute atomic E-state index is 12.1. The molecule has 3 atom stereocenters. The van der Waals surface area contributed by atoms with Crippen molar-refractivity contribution >= 4 is 5.91 Å². The average molecular weight is 242 g/mol.